The Morgan fingerprint density at radius 3 is 2.40 bits per heavy atom. The molecule has 5 aromatic rings. The summed E-state index contributed by atoms with van der Waals surface area (Å²) in [4.78, 5) is 22.3. The summed E-state index contributed by atoms with van der Waals surface area (Å²) in [6, 6.07) is 25.2. The Kier molecular flexibility index (Phi) is 12.6. The third-order valence-corrected chi connectivity index (χ3v) is 11.0. The maximum Gasteiger partial charge on any atom is 0.258 e. The van der Waals surface area contributed by atoms with Gasteiger partial charge >= 0.3 is 0 Å². The first-order valence-electron chi connectivity index (χ1n) is 16.7. The number of nitrogens with one attached hydrogen (secondary N) is 2. The predicted octanol–water partition coefficient (Wildman–Crippen LogP) is 5.78. The minimum absolute atomic E-state index is 0.0214. The summed E-state index contributed by atoms with van der Waals surface area (Å²) in [6.45, 7) is 8.06. The number of aryl methyl sites for hydroxylation is 2. The third kappa shape index (κ3) is 9.87. The zero-order chi connectivity index (χ0) is 35.7. The van der Waals surface area contributed by atoms with E-state index in [9.17, 15) is 18.3 Å². The summed E-state index contributed by atoms with van der Waals surface area (Å²) < 4.78 is 36.3. The number of hydrogen-bond acceptors (Lipinski definition) is 9. The summed E-state index contributed by atoms with van der Waals surface area (Å²) in [5.74, 6) is 0.209. The molecule has 264 valence electrons. The van der Waals surface area contributed by atoms with Crippen LogP contribution >= 0.6 is 11.3 Å². The molecule has 5 rings (SSSR count). The van der Waals surface area contributed by atoms with Crippen LogP contribution in [0.15, 0.2) is 96.0 Å². The fourth-order valence-corrected chi connectivity index (χ4v) is 8.37. The number of amides is 1. The zero-order valence-electron chi connectivity index (χ0n) is 28.9. The van der Waals surface area contributed by atoms with Crippen LogP contribution in [0.25, 0.3) is 10.2 Å². The quantitative estimate of drug-likeness (QED) is 0.110. The van der Waals surface area contributed by atoms with Crippen molar-refractivity contribution in [2.75, 3.05) is 31.6 Å². The number of aliphatic hydroxyl groups excluding tert-OH is 1. The van der Waals surface area contributed by atoms with Gasteiger partial charge in [0.15, 0.2) is 11.7 Å². The van der Waals surface area contributed by atoms with Crippen LogP contribution in [0, 0.1) is 19.8 Å². The smallest absolute Gasteiger partial charge is 0.258 e. The highest BCUT2D eigenvalue weighted by Crippen LogP contribution is 2.30. The van der Waals surface area contributed by atoms with E-state index < -0.39 is 28.1 Å². The number of sulfonamides is 1. The zero-order valence-corrected chi connectivity index (χ0v) is 30.5. The summed E-state index contributed by atoms with van der Waals surface area (Å²) in [5.41, 5.74) is 4.39. The molecule has 0 radical (unpaired) electrons. The van der Waals surface area contributed by atoms with Gasteiger partial charge in [-0.15, -0.1) is 0 Å². The van der Waals surface area contributed by atoms with Gasteiger partial charge in [0.1, 0.15) is 5.75 Å². The van der Waals surface area contributed by atoms with Gasteiger partial charge in [0.2, 0.25) is 10.0 Å². The van der Waals surface area contributed by atoms with Crippen LogP contribution in [0.3, 0.4) is 0 Å². The second kappa shape index (κ2) is 17.0. The van der Waals surface area contributed by atoms with Crippen molar-refractivity contribution >= 4 is 42.6 Å². The van der Waals surface area contributed by atoms with Crippen molar-refractivity contribution in [1.29, 1.82) is 0 Å². The second-order valence-corrected chi connectivity index (χ2v) is 15.8. The largest absolute Gasteiger partial charge is 0.483 e. The maximum absolute atomic E-state index is 14.2. The van der Waals surface area contributed by atoms with Gasteiger partial charge in [0.25, 0.3) is 5.91 Å². The Morgan fingerprint density at radius 1 is 0.960 bits per heavy atom. The summed E-state index contributed by atoms with van der Waals surface area (Å²) in [6.07, 6.45) is 1.58. The second-order valence-electron chi connectivity index (χ2n) is 12.8. The van der Waals surface area contributed by atoms with E-state index in [-0.39, 0.29) is 30.5 Å². The van der Waals surface area contributed by atoms with Crippen LogP contribution in [0.1, 0.15) is 36.2 Å². The van der Waals surface area contributed by atoms with Gasteiger partial charge in [0.05, 0.1) is 27.3 Å². The molecule has 3 aromatic carbocycles. The molecule has 0 spiro atoms. The number of fused-ring (bicyclic) bond motifs is 1. The molecule has 0 bridgehead atoms. The molecule has 12 heteroatoms. The standard InChI is InChI=1S/C38H45N5O5S2/c1-26(2)23-43(50(46,47)31-16-17-32-35(22-31)49-38(42-32)40-20-18-30-15-8-9-19-39-30)24-34(44)33(21-29-13-6-5-7-14-29)41-36(45)25-48-37-27(3)11-10-12-28(37)4/h5-17,19,22,26,33-34,44H,18,20-21,23-25H2,1-4H3,(H,40,42)(H,41,45)/t33?,34-/m1/s1. The minimum Gasteiger partial charge on any atom is -0.483 e. The van der Waals surface area contributed by atoms with Crippen molar-refractivity contribution in [3.63, 3.8) is 0 Å². The third-order valence-electron chi connectivity index (χ3n) is 8.21. The lowest BCUT2D eigenvalue weighted by Gasteiger charge is -2.30. The van der Waals surface area contributed by atoms with Gasteiger partial charge in [-0.25, -0.2) is 13.4 Å². The van der Waals surface area contributed by atoms with Gasteiger partial charge in [-0.05, 0) is 73.2 Å². The molecule has 0 aliphatic carbocycles. The van der Waals surface area contributed by atoms with E-state index in [0.717, 1.165) is 33.5 Å². The number of benzene rings is 3. The normalized spacial score (nSPS) is 13.0. The lowest BCUT2D eigenvalue weighted by molar-refractivity contribution is -0.124. The highest BCUT2D eigenvalue weighted by molar-refractivity contribution is 7.89. The molecule has 0 fully saturated rings. The van der Waals surface area contributed by atoms with Crippen LogP contribution < -0.4 is 15.4 Å². The fraction of sp³-hybridized carbons (Fsp3) is 0.342. The van der Waals surface area contributed by atoms with Crippen molar-refractivity contribution < 1.29 is 23.1 Å². The first kappa shape index (κ1) is 36.9. The number of anilines is 1. The molecule has 0 saturated heterocycles. The van der Waals surface area contributed by atoms with Gasteiger partial charge in [0, 0.05) is 37.9 Å². The van der Waals surface area contributed by atoms with E-state index in [1.54, 1.807) is 24.4 Å². The van der Waals surface area contributed by atoms with E-state index in [1.807, 2.05) is 94.4 Å². The number of pyridine rings is 1. The highest BCUT2D eigenvalue weighted by atomic mass is 32.2. The SMILES string of the molecule is Cc1cccc(C)c1OCC(=O)NC(Cc1ccccc1)[C@H](O)CN(CC(C)C)S(=O)(=O)c1ccc2nc(NCCc3ccccn3)sc2c1. The van der Waals surface area contributed by atoms with Gasteiger partial charge in [-0.1, -0.05) is 79.8 Å². The first-order chi connectivity index (χ1) is 24.0. The molecule has 0 aliphatic rings. The molecule has 1 unspecified atom stereocenters. The van der Waals surface area contributed by atoms with Crippen LogP contribution in [0.4, 0.5) is 5.13 Å². The molecule has 3 N–H and O–H groups in total. The van der Waals surface area contributed by atoms with Gasteiger partial charge in [-0.3, -0.25) is 9.78 Å². The van der Waals surface area contributed by atoms with Crippen molar-refractivity contribution in [1.82, 2.24) is 19.6 Å². The number of aromatic nitrogens is 2. The number of thiazole rings is 1. The molecular formula is C38H45N5O5S2. The average Bonchev–Trinajstić information content (AvgIpc) is 3.50. The number of carbonyl (C=O) groups excluding carboxylic acids is 1. The maximum atomic E-state index is 14.2. The average molecular weight is 716 g/mol. The Bertz CT molecular complexity index is 1950. The summed E-state index contributed by atoms with van der Waals surface area (Å²) in [5, 5.41) is 18.6. The minimum atomic E-state index is -4.03. The molecule has 1 amide bonds. The van der Waals surface area contributed by atoms with Crippen molar-refractivity contribution in [3.8, 4) is 5.75 Å². The van der Waals surface area contributed by atoms with E-state index in [0.29, 0.717) is 29.4 Å². The van der Waals surface area contributed by atoms with Gasteiger partial charge in [-0.2, -0.15) is 4.31 Å². The lowest BCUT2D eigenvalue weighted by atomic mass is 10.0. The van der Waals surface area contributed by atoms with Gasteiger partial charge < -0.3 is 20.5 Å². The molecule has 2 aromatic heterocycles. The van der Waals surface area contributed by atoms with E-state index in [1.165, 1.54) is 15.6 Å². The molecule has 0 saturated carbocycles. The molecule has 2 heterocycles. The number of aliphatic hydroxyl groups is 1. The predicted molar refractivity (Wildman–Crippen MR) is 199 cm³/mol. The molecule has 2 atom stereocenters. The van der Waals surface area contributed by atoms with Crippen molar-refractivity contribution in [2.45, 2.75) is 57.6 Å². The number of ether oxygens (including phenoxy) is 1. The number of rotatable bonds is 17. The fourth-order valence-electron chi connectivity index (χ4n) is 5.71. The Hall–Kier alpha value is -4.36. The monoisotopic (exact) mass is 715 g/mol. The number of carbonyl (C=O) groups is 1. The van der Waals surface area contributed by atoms with Crippen molar-refractivity contribution in [3.05, 3.63) is 114 Å². The molecular weight excluding hydrogens is 671 g/mol. The molecule has 10 nitrogen and oxygen atoms in total. The Balaban J connectivity index is 1.31. The van der Waals surface area contributed by atoms with Crippen molar-refractivity contribution in [2.24, 2.45) is 5.92 Å². The first-order valence-corrected chi connectivity index (χ1v) is 19.0. The number of nitrogens with zero attached hydrogens (tertiary/aromatic N) is 3. The van der Waals surface area contributed by atoms with Crippen LogP contribution in [0.5, 0.6) is 5.75 Å². The molecule has 50 heavy (non-hydrogen) atoms. The highest BCUT2D eigenvalue weighted by Gasteiger charge is 2.32. The Morgan fingerprint density at radius 2 is 1.70 bits per heavy atom. The molecule has 0 aliphatic heterocycles. The van der Waals surface area contributed by atoms with E-state index in [4.69, 9.17) is 4.74 Å². The number of hydrogen-bond donors (Lipinski definition) is 3. The van der Waals surface area contributed by atoms with E-state index >= 15 is 0 Å². The van der Waals surface area contributed by atoms with Crippen LogP contribution in [0.2, 0.25) is 0 Å². The summed E-state index contributed by atoms with van der Waals surface area (Å²) >= 11 is 1.39. The number of para-hydroxylation sites is 1. The van der Waals surface area contributed by atoms with Crippen LogP contribution in [-0.4, -0.2) is 72.1 Å². The van der Waals surface area contributed by atoms with E-state index in [2.05, 4.69) is 20.6 Å². The summed E-state index contributed by atoms with van der Waals surface area (Å²) in [7, 11) is -4.03. The lowest BCUT2D eigenvalue weighted by Crippen LogP contribution is -2.52. The van der Waals surface area contributed by atoms with Crippen LogP contribution in [-0.2, 0) is 27.7 Å². The Labute approximate surface area is 298 Å². The topological polar surface area (TPSA) is 134 Å².